The first kappa shape index (κ1) is 28.5. The second-order valence-corrected chi connectivity index (χ2v) is 11.8. The highest BCUT2D eigenvalue weighted by atomic mass is 16.6. The van der Waals surface area contributed by atoms with Crippen LogP contribution in [0.15, 0.2) is 69.9 Å². The monoisotopic (exact) mass is 542 g/mol. The van der Waals surface area contributed by atoms with Gasteiger partial charge in [0.2, 0.25) is 17.1 Å². The number of benzene rings is 2. The number of nitrogens with zero attached hydrogens (tertiary/aromatic N) is 2. The molecule has 2 aromatic heterocycles. The van der Waals surface area contributed by atoms with Gasteiger partial charge in [-0.05, 0) is 67.5 Å². The Morgan fingerprint density at radius 3 is 1.98 bits per heavy atom. The predicted octanol–water partition coefficient (Wildman–Crippen LogP) is 6.68. The highest BCUT2D eigenvalue weighted by molar-refractivity contribution is 5.89. The molecule has 0 N–H and O–H groups in total. The molecule has 0 amide bonds. The van der Waals surface area contributed by atoms with Crippen LogP contribution in [-0.2, 0) is 9.59 Å². The van der Waals surface area contributed by atoms with Gasteiger partial charge in [0.15, 0.2) is 5.76 Å². The van der Waals surface area contributed by atoms with Crippen LogP contribution in [0.3, 0.4) is 0 Å². The molecular weight excluding hydrogens is 508 g/mol. The fraction of sp³-hybridized carbons (Fsp3) is 0.312. The number of carbonyl (C=O) groups excluding carboxylic acids is 2. The molecule has 4 rings (SSSR count). The van der Waals surface area contributed by atoms with Gasteiger partial charge in [-0.15, -0.1) is 0 Å². The highest BCUT2D eigenvalue weighted by Crippen LogP contribution is 2.44. The van der Waals surface area contributed by atoms with Crippen LogP contribution in [0, 0.1) is 24.7 Å². The Kier molecular flexibility index (Phi) is 7.57. The largest absolute Gasteiger partial charge is 0.457 e. The average molecular weight is 543 g/mol. The molecule has 0 aliphatic rings. The summed E-state index contributed by atoms with van der Waals surface area (Å²) in [6.45, 7) is 13.9. The van der Waals surface area contributed by atoms with Crippen molar-refractivity contribution < 1.29 is 23.5 Å². The summed E-state index contributed by atoms with van der Waals surface area (Å²) in [4.78, 5) is 39.5. The van der Waals surface area contributed by atoms with Gasteiger partial charge < -0.3 is 13.9 Å². The van der Waals surface area contributed by atoms with Crippen LogP contribution >= 0.6 is 0 Å². The quantitative estimate of drug-likeness (QED) is 0.259. The molecule has 0 aliphatic heterocycles. The molecule has 0 saturated heterocycles. The van der Waals surface area contributed by atoms with Crippen molar-refractivity contribution in [1.29, 1.82) is 0 Å². The molecule has 4 aromatic rings. The van der Waals surface area contributed by atoms with E-state index in [0.29, 0.717) is 16.9 Å². The minimum atomic E-state index is -0.899. The fourth-order valence-electron chi connectivity index (χ4n) is 3.71. The summed E-state index contributed by atoms with van der Waals surface area (Å²) >= 11 is 0. The number of aromatic nitrogens is 2. The first-order valence-corrected chi connectivity index (χ1v) is 13.0. The molecule has 0 atom stereocenters. The van der Waals surface area contributed by atoms with Crippen LogP contribution in [0.2, 0.25) is 0 Å². The Labute approximate surface area is 233 Å². The SMILES string of the molecule is Cc1ccc(-c2nn(-c3ccccc3)c(OC(=O)C(C)(C)C)c2-c2oc(C)cc(=O)c2OC(=O)C(C)(C)C)cc1. The summed E-state index contributed by atoms with van der Waals surface area (Å²) in [6.07, 6.45) is 0. The van der Waals surface area contributed by atoms with E-state index in [0.717, 1.165) is 5.56 Å². The maximum Gasteiger partial charge on any atom is 0.317 e. The van der Waals surface area contributed by atoms with Crippen molar-refractivity contribution in [3.8, 4) is 39.9 Å². The van der Waals surface area contributed by atoms with E-state index in [1.54, 1.807) is 48.5 Å². The maximum absolute atomic E-state index is 13.3. The van der Waals surface area contributed by atoms with Gasteiger partial charge in [-0.1, -0.05) is 48.0 Å². The van der Waals surface area contributed by atoms with Gasteiger partial charge in [0.25, 0.3) is 0 Å². The van der Waals surface area contributed by atoms with E-state index in [2.05, 4.69) is 0 Å². The van der Waals surface area contributed by atoms with Crippen molar-refractivity contribution in [3.05, 3.63) is 82.2 Å². The molecular formula is C32H34N2O6. The minimum absolute atomic E-state index is 0.0310. The first-order chi connectivity index (χ1) is 18.7. The van der Waals surface area contributed by atoms with Crippen LogP contribution in [0.25, 0.3) is 28.3 Å². The summed E-state index contributed by atoms with van der Waals surface area (Å²) < 4.78 is 19.3. The summed E-state index contributed by atoms with van der Waals surface area (Å²) in [6, 6.07) is 18.0. The normalized spacial score (nSPS) is 11.8. The number of ether oxygens (including phenoxy) is 2. The lowest BCUT2D eigenvalue weighted by Gasteiger charge is -2.19. The fourth-order valence-corrected chi connectivity index (χ4v) is 3.71. The van der Waals surface area contributed by atoms with Gasteiger partial charge in [0, 0.05) is 11.6 Å². The molecule has 208 valence electrons. The Morgan fingerprint density at radius 1 is 0.825 bits per heavy atom. The van der Waals surface area contributed by atoms with E-state index in [1.165, 1.54) is 10.7 Å². The van der Waals surface area contributed by atoms with E-state index in [9.17, 15) is 14.4 Å². The molecule has 0 unspecified atom stereocenters. The van der Waals surface area contributed by atoms with Gasteiger partial charge in [0.1, 0.15) is 17.0 Å². The molecule has 40 heavy (non-hydrogen) atoms. The van der Waals surface area contributed by atoms with Crippen molar-refractivity contribution >= 4 is 11.9 Å². The summed E-state index contributed by atoms with van der Waals surface area (Å²) in [7, 11) is 0. The number of aryl methyl sites for hydroxylation is 2. The Morgan fingerprint density at radius 2 is 1.40 bits per heavy atom. The number of rotatable bonds is 5. The first-order valence-electron chi connectivity index (χ1n) is 13.0. The molecule has 0 saturated carbocycles. The van der Waals surface area contributed by atoms with Crippen LogP contribution in [-0.4, -0.2) is 21.7 Å². The van der Waals surface area contributed by atoms with Crippen molar-refractivity contribution in [1.82, 2.24) is 9.78 Å². The van der Waals surface area contributed by atoms with Crippen molar-refractivity contribution in [2.24, 2.45) is 10.8 Å². The van der Waals surface area contributed by atoms with Crippen LogP contribution in [0.1, 0.15) is 52.9 Å². The third kappa shape index (κ3) is 5.91. The van der Waals surface area contributed by atoms with E-state index in [-0.39, 0.29) is 28.7 Å². The lowest BCUT2D eigenvalue weighted by atomic mass is 9.97. The zero-order valence-electron chi connectivity index (χ0n) is 24.1. The van der Waals surface area contributed by atoms with E-state index < -0.39 is 28.2 Å². The molecule has 0 spiro atoms. The van der Waals surface area contributed by atoms with Crippen molar-refractivity contribution in [2.45, 2.75) is 55.4 Å². The zero-order valence-corrected chi connectivity index (χ0v) is 24.1. The number of esters is 2. The Balaban J connectivity index is 2.13. The summed E-state index contributed by atoms with van der Waals surface area (Å²) in [5.74, 6) is -1.19. The second kappa shape index (κ2) is 10.6. The van der Waals surface area contributed by atoms with Crippen LogP contribution in [0.5, 0.6) is 11.6 Å². The number of hydrogen-bond donors (Lipinski definition) is 0. The van der Waals surface area contributed by atoms with Gasteiger partial charge in [-0.25, -0.2) is 0 Å². The highest BCUT2D eigenvalue weighted by Gasteiger charge is 2.35. The van der Waals surface area contributed by atoms with E-state index in [4.69, 9.17) is 19.0 Å². The molecule has 8 nitrogen and oxygen atoms in total. The predicted molar refractivity (Wildman–Crippen MR) is 153 cm³/mol. The van der Waals surface area contributed by atoms with Crippen LogP contribution in [0.4, 0.5) is 0 Å². The topological polar surface area (TPSA) is 101 Å². The molecule has 0 radical (unpaired) electrons. The lowest BCUT2D eigenvalue weighted by molar-refractivity contribution is -0.144. The number of hydrogen-bond acceptors (Lipinski definition) is 7. The Bertz CT molecular complexity index is 1620. The zero-order chi connectivity index (χ0) is 29.4. The Hall–Kier alpha value is -4.46. The number of carbonyl (C=O) groups is 2. The van der Waals surface area contributed by atoms with Crippen LogP contribution < -0.4 is 14.9 Å². The third-order valence-corrected chi connectivity index (χ3v) is 6.03. The molecule has 0 bridgehead atoms. The minimum Gasteiger partial charge on any atom is -0.457 e. The summed E-state index contributed by atoms with van der Waals surface area (Å²) in [5, 5.41) is 4.86. The van der Waals surface area contributed by atoms with E-state index >= 15 is 0 Å². The maximum atomic E-state index is 13.3. The van der Waals surface area contributed by atoms with Crippen molar-refractivity contribution in [3.63, 3.8) is 0 Å². The molecule has 2 aromatic carbocycles. The molecule has 8 heteroatoms. The molecule has 2 heterocycles. The molecule has 0 fully saturated rings. The smallest absolute Gasteiger partial charge is 0.317 e. The van der Waals surface area contributed by atoms with Gasteiger partial charge >= 0.3 is 11.9 Å². The van der Waals surface area contributed by atoms with Gasteiger partial charge in [0.05, 0.1) is 16.5 Å². The lowest BCUT2D eigenvalue weighted by Crippen LogP contribution is -2.28. The number of para-hydroxylation sites is 1. The van der Waals surface area contributed by atoms with E-state index in [1.807, 2.05) is 61.5 Å². The third-order valence-electron chi connectivity index (χ3n) is 6.03. The van der Waals surface area contributed by atoms with Gasteiger partial charge in [-0.3, -0.25) is 14.4 Å². The molecule has 0 aliphatic carbocycles. The second-order valence-electron chi connectivity index (χ2n) is 11.8. The standard InChI is InChI=1S/C32H34N2O6/c1-19-14-16-21(17-15-19)25-24(27-26(23(35)18-20(2)38-27)39-29(36)31(3,4)5)28(40-30(37)32(6,7)8)34(33-25)22-12-10-9-11-13-22/h9-18H,1-8H3. The van der Waals surface area contributed by atoms with Gasteiger partial charge in [-0.2, -0.15) is 9.78 Å². The summed E-state index contributed by atoms with van der Waals surface area (Å²) in [5.41, 5.74) is 0.611. The average Bonchev–Trinajstić information content (AvgIpc) is 3.24. The van der Waals surface area contributed by atoms with Crippen molar-refractivity contribution in [2.75, 3.05) is 0 Å².